The highest BCUT2D eigenvalue weighted by Crippen LogP contribution is 2.25. The number of nitrogens with zero attached hydrogens (tertiary/aromatic N) is 4. The summed E-state index contributed by atoms with van der Waals surface area (Å²) in [5.41, 5.74) is 4.75. The molecule has 3 aromatic rings. The van der Waals surface area contributed by atoms with Gasteiger partial charge >= 0.3 is 0 Å². The number of aromatic nitrogens is 3. The van der Waals surface area contributed by atoms with Gasteiger partial charge in [-0.3, -0.25) is 9.78 Å². The third kappa shape index (κ3) is 3.98. The number of carbonyl (C=O) groups is 1. The van der Waals surface area contributed by atoms with Gasteiger partial charge in [0.25, 0.3) is 5.89 Å². The maximum absolute atomic E-state index is 12.9. The Balaban J connectivity index is 1.25. The molecule has 7 heteroatoms. The second-order valence-corrected chi connectivity index (χ2v) is 7.88. The number of rotatable bonds is 4. The quantitative estimate of drug-likeness (QED) is 0.664. The Morgan fingerprint density at radius 2 is 1.93 bits per heavy atom. The third-order valence-electron chi connectivity index (χ3n) is 5.84. The van der Waals surface area contributed by atoms with Crippen molar-refractivity contribution in [1.29, 1.82) is 0 Å². The lowest BCUT2D eigenvalue weighted by Crippen LogP contribution is -2.43. The summed E-state index contributed by atoms with van der Waals surface area (Å²) in [6.07, 6.45) is 8.14. The van der Waals surface area contributed by atoms with Crippen molar-refractivity contribution in [2.45, 2.75) is 38.2 Å². The molecule has 7 nitrogen and oxygen atoms in total. The number of morpholine rings is 1. The Bertz CT molecular complexity index is 1030. The van der Waals surface area contributed by atoms with Crippen LogP contribution in [0.5, 0.6) is 0 Å². The zero-order chi connectivity index (χ0) is 20.3. The Morgan fingerprint density at radius 1 is 1.10 bits per heavy atom. The zero-order valence-corrected chi connectivity index (χ0v) is 16.8. The van der Waals surface area contributed by atoms with Gasteiger partial charge < -0.3 is 14.2 Å². The van der Waals surface area contributed by atoms with Crippen LogP contribution < -0.4 is 0 Å². The van der Waals surface area contributed by atoms with E-state index in [0.717, 1.165) is 24.0 Å². The van der Waals surface area contributed by atoms with Gasteiger partial charge in [-0.15, -0.1) is 0 Å². The van der Waals surface area contributed by atoms with E-state index in [1.165, 1.54) is 24.0 Å². The Labute approximate surface area is 175 Å². The predicted octanol–water partition coefficient (Wildman–Crippen LogP) is 3.15. The minimum atomic E-state index is -0.408. The molecule has 5 rings (SSSR count). The molecule has 3 heterocycles. The molecule has 2 aliphatic rings. The molecule has 30 heavy (non-hydrogen) atoms. The fourth-order valence-electron chi connectivity index (χ4n) is 4.19. The minimum absolute atomic E-state index is 0.105. The monoisotopic (exact) mass is 404 g/mol. The highest BCUT2D eigenvalue weighted by atomic mass is 16.5. The summed E-state index contributed by atoms with van der Waals surface area (Å²) in [5, 5.41) is 4.04. The molecule has 1 aromatic carbocycles. The van der Waals surface area contributed by atoms with Crippen LogP contribution in [0.4, 0.5) is 0 Å². The number of hydrogen-bond acceptors (Lipinski definition) is 6. The van der Waals surface area contributed by atoms with E-state index < -0.39 is 6.10 Å². The van der Waals surface area contributed by atoms with Crippen molar-refractivity contribution in [3.63, 3.8) is 0 Å². The minimum Gasteiger partial charge on any atom is -0.365 e. The van der Waals surface area contributed by atoms with E-state index >= 15 is 0 Å². The molecule has 1 amide bonds. The maximum atomic E-state index is 12.9. The van der Waals surface area contributed by atoms with Gasteiger partial charge in [-0.2, -0.15) is 4.98 Å². The molecule has 0 saturated carbocycles. The van der Waals surface area contributed by atoms with Gasteiger partial charge in [0.15, 0.2) is 6.10 Å². The average molecular weight is 404 g/mol. The number of benzene rings is 1. The molecule has 0 bridgehead atoms. The van der Waals surface area contributed by atoms with Crippen LogP contribution in [-0.4, -0.2) is 45.6 Å². The Hall–Kier alpha value is -3.06. The number of pyridine rings is 1. The number of ether oxygens (including phenoxy) is 1. The molecule has 1 aliphatic carbocycles. The van der Waals surface area contributed by atoms with E-state index in [4.69, 9.17) is 9.26 Å². The highest BCUT2D eigenvalue weighted by molar-refractivity contribution is 5.79. The molecule has 1 unspecified atom stereocenters. The smallest absolute Gasteiger partial charge is 0.257 e. The van der Waals surface area contributed by atoms with E-state index in [9.17, 15) is 4.79 Å². The van der Waals surface area contributed by atoms with Gasteiger partial charge in [-0.1, -0.05) is 23.4 Å². The molecule has 2 aromatic heterocycles. The summed E-state index contributed by atoms with van der Waals surface area (Å²) < 4.78 is 11.2. The summed E-state index contributed by atoms with van der Waals surface area (Å²) >= 11 is 0. The van der Waals surface area contributed by atoms with Crippen molar-refractivity contribution in [3.8, 4) is 11.4 Å². The number of aryl methyl sites for hydroxylation is 2. The van der Waals surface area contributed by atoms with Crippen molar-refractivity contribution < 1.29 is 14.1 Å². The first-order valence-corrected chi connectivity index (χ1v) is 10.5. The van der Waals surface area contributed by atoms with Gasteiger partial charge in [0.05, 0.1) is 19.6 Å². The summed E-state index contributed by atoms with van der Waals surface area (Å²) in [7, 11) is 0. The molecular formula is C23H24N4O3. The van der Waals surface area contributed by atoms with Crippen molar-refractivity contribution in [2.24, 2.45) is 0 Å². The first-order valence-electron chi connectivity index (χ1n) is 10.5. The standard InChI is InChI=1S/C23H24N4O3/c28-21(14-16-5-6-17-3-1-2-4-19(17)13-16)27-11-12-29-20(15-27)23-25-22(26-30-23)18-7-9-24-10-8-18/h5-10,13,20H,1-4,11-12,14-15H2. The fourth-order valence-corrected chi connectivity index (χ4v) is 4.19. The lowest BCUT2D eigenvalue weighted by molar-refractivity contribution is -0.139. The van der Waals surface area contributed by atoms with Crippen LogP contribution in [0.3, 0.4) is 0 Å². The van der Waals surface area contributed by atoms with E-state index in [1.54, 1.807) is 12.4 Å². The van der Waals surface area contributed by atoms with Gasteiger partial charge in [-0.25, -0.2) is 0 Å². The van der Waals surface area contributed by atoms with Crippen LogP contribution in [-0.2, 0) is 28.8 Å². The van der Waals surface area contributed by atoms with Crippen LogP contribution >= 0.6 is 0 Å². The van der Waals surface area contributed by atoms with Gasteiger partial charge in [-0.05, 0) is 54.5 Å². The lowest BCUT2D eigenvalue weighted by Gasteiger charge is -2.31. The second kappa shape index (κ2) is 8.36. The molecule has 1 saturated heterocycles. The third-order valence-corrected chi connectivity index (χ3v) is 5.84. The second-order valence-electron chi connectivity index (χ2n) is 7.88. The zero-order valence-electron chi connectivity index (χ0n) is 16.8. The van der Waals surface area contributed by atoms with Crippen molar-refractivity contribution in [1.82, 2.24) is 20.0 Å². The number of carbonyl (C=O) groups excluding carboxylic acids is 1. The van der Waals surface area contributed by atoms with E-state index in [1.807, 2.05) is 17.0 Å². The molecule has 0 spiro atoms. The summed E-state index contributed by atoms with van der Waals surface area (Å²) in [6, 6.07) is 10.1. The number of amides is 1. The van der Waals surface area contributed by atoms with Crippen molar-refractivity contribution in [2.75, 3.05) is 19.7 Å². The molecule has 1 fully saturated rings. The van der Waals surface area contributed by atoms with Crippen molar-refractivity contribution in [3.05, 3.63) is 65.3 Å². The van der Waals surface area contributed by atoms with E-state index in [-0.39, 0.29) is 5.91 Å². The Kier molecular flexibility index (Phi) is 5.27. The van der Waals surface area contributed by atoms with E-state index in [2.05, 4.69) is 33.3 Å². The lowest BCUT2D eigenvalue weighted by atomic mass is 9.90. The molecule has 1 aliphatic heterocycles. The first kappa shape index (κ1) is 18.9. The largest absolute Gasteiger partial charge is 0.365 e. The van der Waals surface area contributed by atoms with Gasteiger partial charge in [0, 0.05) is 24.5 Å². The summed E-state index contributed by atoms with van der Waals surface area (Å²) in [5.74, 6) is 0.995. The molecule has 0 radical (unpaired) electrons. The Morgan fingerprint density at radius 3 is 2.80 bits per heavy atom. The van der Waals surface area contributed by atoms with E-state index in [0.29, 0.717) is 37.8 Å². The number of hydrogen-bond donors (Lipinski definition) is 0. The molecular weight excluding hydrogens is 380 g/mol. The van der Waals surface area contributed by atoms with Gasteiger partial charge in [0.1, 0.15) is 0 Å². The highest BCUT2D eigenvalue weighted by Gasteiger charge is 2.29. The average Bonchev–Trinajstić information content (AvgIpc) is 3.30. The maximum Gasteiger partial charge on any atom is 0.257 e. The van der Waals surface area contributed by atoms with Crippen LogP contribution in [0.15, 0.2) is 47.2 Å². The topological polar surface area (TPSA) is 81.4 Å². The normalized spacial score (nSPS) is 18.8. The molecule has 1 atom stereocenters. The van der Waals surface area contributed by atoms with Crippen LogP contribution in [0.25, 0.3) is 11.4 Å². The molecule has 154 valence electrons. The fraction of sp³-hybridized carbons (Fsp3) is 0.391. The first-order chi connectivity index (χ1) is 14.8. The van der Waals surface area contributed by atoms with Gasteiger partial charge in [0.2, 0.25) is 11.7 Å². The summed E-state index contributed by atoms with van der Waals surface area (Å²) in [6.45, 7) is 1.45. The van der Waals surface area contributed by atoms with Crippen LogP contribution in [0, 0.1) is 0 Å². The summed E-state index contributed by atoms with van der Waals surface area (Å²) in [4.78, 5) is 23.2. The van der Waals surface area contributed by atoms with Crippen LogP contribution in [0.2, 0.25) is 0 Å². The van der Waals surface area contributed by atoms with Crippen molar-refractivity contribution >= 4 is 5.91 Å². The SMILES string of the molecule is O=C(Cc1ccc2c(c1)CCCC2)N1CCOC(c2nc(-c3ccncc3)no2)C1. The number of fused-ring (bicyclic) bond motifs is 1. The van der Waals surface area contributed by atoms with Crippen LogP contribution in [0.1, 0.15) is 41.5 Å². The molecule has 0 N–H and O–H groups in total. The predicted molar refractivity (Wildman–Crippen MR) is 110 cm³/mol.